The fraction of sp³-hybridized carbons (Fsp3) is 0.185. The van der Waals surface area contributed by atoms with Crippen molar-refractivity contribution in [2.75, 3.05) is 12.1 Å². The Morgan fingerprint density at radius 2 is 1.83 bits per heavy atom. The lowest BCUT2D eigenvalue weighted by atomic mass is 10.0. The molecule has 3 aromatic carbocycles. The first-order valence-corrected chi connectivity index (χ1v) is 11.2. The highest BCUT2D eigenvalue weighted by Crippen LogP contribution is 2.33. The molecule has 2 amide bonds. The molecule has 2 N–H and O–H groups in total. The number of nitrogens with zero attached hydrogens (tertiary/aromatic N) is 1. The molecule has 5 rings (SSSR count). The zero-order chi connectivity index (χ0) is 24.5. The van der Waals surface area contributed by atoms with Crippen LogP contribution in [0.25, 0.3) is 10.9 Å². The van der Waals surface area contributed by atoms with Crippen LogP contribution in [0.1, 0.15) is 22.3 Å². The molecule has 0 spiro atoms. The molecule has 7 nitrogen and oxygen atoms in total. The van der Waals surface area contributed by atoms with E-state index >= 15 is 0 Å². The third kappa shape index (κ3) is 4.55. The number of carbonyl (C=O) groups is 1. The molecule has 35 heavy (non-hydrogen) atoms. The van der Waals surface area contributed by atoms with E-state index in [0.29, 0.717) is 17.1 Å². The molecule has 1 aliphatic rings. The van der Waals surface area contributed by atoms with E-state index in [0.717, 1.165) is 27.6 Å². The van der Waals surface area contributed by atoms with Crippen molar-refractivity contribution in [3.05, 3.63) is 99.1 Å². The molecule has 4 aromatic rings. The van der Waals surface area contributed by atoms with Crippen LogP contribution < -0.4 is 20.3 Å². The molecule has 1 aromatic heterocycles. The molecule has 0 aliphatic carbocycles. The number of H-pyrrole nitrogens is 1. The van der Waals surface area contributed by atoms with Crippen molar-refractivity contribution in [2.24, 2.45) is 0 Å². The lowest BCUT2D eigenvalue weighted by molar-refractivity contribution is 0.174. The van der Waals surface area contributed by atoms with Crippen LogP contribution in [0.5, 0.6) is 11.5 Å². The predicted octanol–water partition coefficient (Wildman–Crippen LogP) is 5.25. The Morgan fingerprint density at radius 3 is 2.66 bits per heavy atom. The lowest BCUT2D eigenvalue weighted by Crippen LogP contribution is -2.36. The van der Waals surface area contributed by atoms with E-state index < -0.39 is 11.8 Å². The second-order valence-corrected chi connectivity index (χ2v) is 8.55. The topological polar surface area (TPSA) is 83.7 Å². The van der Waals surface area contributed by atoms with Gasteiger partial charge in [0.15, 0.2) is 11.5 Å². The van der Waals surface area contributed by atoms with Crippen LogP contribution in [0.3, 0.4) is 0 Å². The normalized spacial score (nSPS) is 12.1. The molecule has 2 heterocycles. The minimum atomic E-state index is -0.543. The number of aromatic amines is 1. The highest BCUT2D eigenvalue weighted by Gasteiger charge is 2.20. The number of amides is 2. The second-order valence-electron chi connectivity index (χ2n) is 8.55. The predicted molar refractivity (Wildman–Crippen MR) is 131 cm³/mol. The Hall–Kier alpha value is -4.33. The van der Waals surface area contributed by atoms with Gasteiger partial charge in [0.2, 0.25) is 6.79 Å². The summed E-state index contributed by atoms with van der Waals surface area (Å²) < 4.78 is 25.0. The lowest BCUT2D eigenvalue weighted by Gasteiger charge is -2.24. The molecule has 1 aliphatic heterocycles. The van der Waals surface area contributed by atoms with Crippen molar-refractivity contribution in [1.29, 1.82) is 0 Å². The third-order valence-electron chi connectivity index (χ3n) is 6.20. The molecule has 0 unspecified atom stereocenters. The number of ether oxygens (including phenoxy) is 2. The van der Waals surface area contributed by atoms with E-state index in [1.54, 1.807) is 30.3 Å². The molecule has 0 bridgehead atoms. The zero-order valence-corrected chi connectivity index (χ0v) is 19.4. The summed E-state index contributed by atoms with van der Waals surface area (Å²) in [5.74, 6) is 0.678. The van der Waals surface area contributed by atoms with Crippen molar-refractivity contribution in [2.45, 2.75) is 26.9 Å². The number of hydrogen-bond acceptors (Lipinski definition) is 4. The van der Waals surface area contributed by atoms with Crippen LogP contribution in [0.2, 0.25) is 0 Å². The monoisotopic (exact) mass is 473 g/mol. The van der Waals surface area contributed by atoms with Gasteiger partial charge in [0.25, 0.3) is 5.56 Å². The molecule has 8 heteroatoms. The van der Waals surface area contributed by atoms with Gasteiger partial charge in [-0.2, -0.15) is 0 Å². The van der Waals surface area contributed by atoms with Crippen molar-refractivity contribution in [3.63, 3.8) is 0 Å². The maximum absolute atomic E-state index is 14.2. The van der Waals surface area contributed by atoms with Crippen molar-refractivity contribution in [3.8, 4) is 11.5 Å². The summed E-state index contributed by atoms with van der Waals surface area (Å²) >= 11 is 0. The third-order valence-corrected chi connectivity index (χ3v) is 6.20. The number of halogens is 1. The average Bonchev–Trinajstić information content (AvgIpc) is 3.31. The summed E-state index contributed by atoms with van der Waals surface area (Å²) in [5, 5.41) is 3.50. The van der Waals surface area contributed by atoms with Crippen LogP contribution in [-0.2, 0) is 13.1 Å². The summed E-state index contributed by atoms with van der Waals surface area (Å²) in [4.78, 5) is 30.6. The summed E-state index contributed by atoms with van der Waals surface area (Å²) in [7, 11) is 0. The highest BCUT2D eigenvalue weighted by atomic mass is 19.1. The molecule has 0 saturated heterocycles. The molecule has 0 atom stereocenters. The van der Waals surface area contributed by atoms with E-state index in [1.807, 2.05) is 32.0 Å². The number of nitrogens with one attached hydrogen (secondary N) is 2. The maximum Gasteiger partial charge on any atom is 0.322 e. The number of carbonyl (C=O) groups excluding carboxylic acids is 1. The minimum absolute atomic E-state index is 0.0208. The summed E-state index contributed by atoms with van der Waals surface area (Å²) in [6, 6.07) is 16.5. The largest absolute Gasteiger partial charge is 0.454 e. The van der Waals surface area contributed by atoms with Crippen LogP contribution in [-0.4, -0.2) is 22.7 Å². The Kier molecular flexibility index (Phi) is 5.86. The fourth-order valence-electron chi connectivity index (χ4n) is 4.11. The molecule has 0 saturated carbocycles. The van der Waals surface area contributed by atoms with Gasteiger partial charge in [0.05, 0.1) is 17.7 Å². The highest BCUT2D eigenvalue weighted by molar-refractivity contribution is 5.89. The van der Waals surface area contributed by atoms with Crippen molar-refractivity contribution >= 4 is 22.6 Å². The summed E-state index contributed by atoms with van der Waals surface area (Å²) in [6.07, 6.45) is 0. The van der Waals surface area contributed by atoms with Gasteiger partial charge in [-0.05, 0) is 66.3 Å². The summed E-state index contributed by atoms with van der Waals surface area (Å²) in [6.45, 7) is 4.28. The first-order chi connectivity index (χ1) is 16.9. The number of aromatic nitrogens is 1. The van der Waals surface area contributed by atoms with Crippen LogP contribution in [0.4, 0.5) is 14.9 Å². The van der Waals surface area contributed by atoms with Crippen LogP contribution in [0, 0.1) is 19.7 Å². The number of benzene rings is 3. The van der Waals surface area contributed by atoms with Crippen molar-refractivity contribution < 1.29 is 18.7 Å². The first kappa shape index (κ1) is 22.5. The Morgan fingerprint density at radius 1 is 1.03 bits per heavy atom. The van der Waals surface area contributed by atoms with Gasteiger partial charge in [-0.1, -0.05) is 30.3 Å². The van der Waals surface area contributed by atoms with Gasteiger partial charge < -0.3 is 24.7 Å². The SMILES string of the molecule is Cc1ccc2cc(CN(Cc3ccc4c(c3)OCO4)C(=O)Nc3ccccc3F)c(=O)[nH]c2c1C. The Bertz CT molecular complexity index is 1500. The Balaban J connectivity index is 1.48. The number of pyridine rings is 1. The maximum atomic E-state index is 14.2. The smallest absolute Gasteiger partial charge is 0.322 e. The molecule has 0 radical (unpaired) electrons. The molecular formula is C27H24FN3O4. The van der Waals surface area contributed by atoms with Gasteiger partial charge >= 0.3 is 6.03 Å². The Labute approximate surface area is 201 Å². The van der Waals surface area contributed by atoms with Gasteiger partial charge in [-0.15, -0.1) is 0 Å². The standard InChI is InChI=1S/C27H24FN3O4/c1-16-7-9-19-12-20(26(32)30-25(19)17(16)2)14-31(27(33)29-22-6-4-3-5-21(22)28)13-18-8-10-23-24(11-18)35-15-34-23/h3-12H,13-15H2,1-2H3,(H,29,33)(H,30,32). The van der Waals surface area contributed by atoms with Gasteiger partial charge in [-0.25, -0.2) is 9.18 Å². The fourth-order valence-corrected chi connectivity index (χ4v) is 4.11. The number of urea groups is 1. The zero-order valence-electron chi connectivity index (χ0n) is 19.4. The average molecular weight is 474 g/mol. The molecule has 0 fully saturated rings. The second kappa shape index (κ2) is 9.13. The number of rotatable bonds is 5. The molecule has 178 valence electrons. The van der Waals surface area contributed by atoms with Gasteiger partial charge in [0.1, 0.15) is 5.82 Å². The quantitative estimate of drug-likeness (QED) is 0.415. The number of hydrogen-bond donors (Lipinski definition) is 2. The number of aryl methyl sites for hydroxylation is 2. The van der Waals surface area contributed by atoms with Crippen molar-refractivity contribution in [1.82, 2.24) is 9.88 Å². The number of fused-ring (bicyclic) bond motifs is 2. The number of anilines is 1. The first-order valence-electron chi connectivity index (χ1n) is 11.2. The summed E-state index contributed by atoms with van der Waals surface area (Å²) in [5.41, 5.74) is 3.84. The van der Waals surface area contributed by atoms with Crippen LogP contribution >= 0.6 is 0 Å². The van der Waals surface area contributed by atoms with E-state index in [4.69, 9.17) is 9.47 Å². The van der Waals surface area contributed by atoms with Crippen LogP contribution in [0.15, 0.2) is 65.5 Å². The molecular weight excluding hydrogens is 449 g/mol. The van der Waals surface area contributed by atoms with E-state index in [9.17, 15) is 14.0 Å². The van der Waals surface area contributed by atoms with E-state index in [-0.39, 0.29) is 31.1 Å². The van der Waals surface area contributed by atoms with Gasteiger partial charge in [-0.3, -0.25) is 4.79 Å². The van der Waals surface area contributed by atoms with E-state index in [2.05, 4.69) is 10.3 Å². The number of para-hydroxylation sites is 1. The van der Waals surface area contributed by atoms with E-state index in [1.165, 1.54) is 17.0 Å². The van der Waals surface area contributed by atoms with Gasteiger partial charge in [0, 0.05) is 12.1 Å². The minimum Gasteiger partial charge on any atom is -0.454 e.